The van der Waals surface area contributed by atoms with Crippen LogP contribution < -0.4 is 10.2 Å². The first-order valence-electron chi connectivity index (χ1n) is 9.87. The monoisotopic (exact) mass is 388 g/mol. The summed E-state index contributed by atoms with van der Waals surface area (Å²) in [5, 5.41) is 21.4. The topological polar surface area (TPSA) is 107 Å². The molecule has 3 N–H and O–H groups in total. The quantitative estimate of drug-likeness (QED) is 0.712. The number of hydrogen-bond acceptors (Lipinski definition) is 4. The van der Waals surface area contributed by atoms with E-state index in [0.29, 0.717) is 12.8 Å². The summed E-state index contributed by atoms with van der Waals surface area (Å²) in [4.78, 5) is 39.0. The zero-order valence-corrected chi connectivity index (χ0v) is 16.4. The second-order valence-electron chi connectivity index (χ2n) is 8.18. The number of carboxylic acid groups (broad SMARTS) is 1. The summed E-state index contributed by atoms with van der Waals surface area (Å²) in [5.74, 6) is -2.74. The third kappa shape index (κ3) is 3.90. The number of hydrogen-bond donors (Lipinski definition) is 3. The molecular formula is C21H28N2O5. The highest BCUT2D eigenvalue weighted by atomic mass is 16.4. The summed E-state index contributed by atoms with van der Waals surface area (Å²) in [7, 11) is 0. The Kier molecular flexibility index (Phi) is 5.74. The van der Waals surface area contributed by atoms with Crippen molar-refractivity contribution in [3.8, 4) is 0 Å². The van der Waals surface area contributed by atoms with Gasteiger partial charge in [0.2, 0.25) is 11.8 Å². The van der Waals surface area contributed by atoms with Crippen LogP contribution in [0.4, 0.5) is 5.69 Å². The molecule has 2 aliphatic rings. The van der Waals surface area contributed by atoms with E-state index < -0.39 is 23.4 Å². The van der Waals surface area contributed by atoms with E-state index in [9.17, 15) is 19.5 Å². The van der Waals surface area contributed by atoms with Crippen LogP contribution >= 0.6 is 0 Å². The van der Waals surface area contributed by atoms with Crippen molar-refractivity contribution < 1.29 is 24.6 Å². The van der Waals surface area contributed by atoms with Crippen molar-refractivity contribution in [2.75, 3.05) is 11.4 Å². The van der Waals surface area contributed by atoms with Gasteiger partial charge in [0.25, 0.3) is 0 Å². The number of anilines is 1. The molecular weight excluding hydrogens is 360 g/mol. The molecule has 0 aromatic heterocycles. The van der Waals surface area contributed by atoms with Crippen molar-refractivity contribution in [2.24, 2.45) is 11.8 Å². The van der Waals surface area contributed by atoms with Gasteiger partial charge in [-0.2, -0.15) is 0 Å². The molecule has 1 aliphatic heterocycles. The zero-order chi connectivity index (χ0) is 20.5. The molecule has 1 aromatic rings. The minimum absolute atomic E-state index is 0.0395. The third-order valence-electron chi connectivity index (χ3n) is 5.93. The molecule has 4 atom stereocenters. The Labute approximate surface area is 164 Å². The van der Waals surface area contributed by atoms with E-state index in [0.717, 1.165) is 37.4 Å². The largest absolute Gasteiger partial charge is 0.479 e. The molecule has 0 radical (unpaired) electrons. The van der Waals surface area contributed by atoms with Gasteiger partial charge in [0.15, 0.2) is 5.60 Å². The highest BCUT2D eigenvalue weighted by Crippen LogP contribution is 2.38. The lowest BCUT2D eigenvalue weighted by molar-refractivity contribution is -0.156. The Morgan fingerprint density at radius 2 is 1.82 bits per heavy atom. The third-order valence-corrected chi connectivity index (χ3v) is 5.93. The Morgan fingerprint density at radius 1 is 1.18 bits per heavy atom. The van der Waals surface area contributed by atoms with Crippen LogP contribution in [0.25, 0.3) is 0 Å². The predicted octanol–water partition coefficient (Wildman–Crippen LogP) is 1.72. The van der Waals surface area contributed by atoms with E-state index in [1.807, 2.05) is 36.1 Å². The van der Waals surface area contributed by atoms with Gasteiger partial charge in [0.05, 0.1) is 12.5 Å². The fraction of sp³-hybridized carbons (Fsp3) is 0.571. The minimum Gasteiger partial charge on any atom is -0.479 e. The Hall–Kier alpha value is -2.41. The molecule has 0 spiro atoms. The molecule has 1 saturated carbocycles. The highest BCUT2D eigenvalue weighted by molar-refractivity contribution is 6.00. The number of nitrogens with one attached hydrogen (secondary N) is 1. The lowest BCUT2D eigenvalue weighted by Gasteiger charge is -2.34. The number of carbonyl (C=O) groups is 3. The van der Waals surface area contributed by atoms with Crippen LogP contribution in [-0.2, 0) is 20.8 Å². The molecule has 1 aromatic carbocycles. The Bertz CT molecular complexity index is 776. The summed E-state index contributed by atoms with van der Waals surface area (Å²) < 4.78 is 0. The number of carbonyl (C=O) groups excluding carboxylic acids is 2. The molecule has 7 heteroatoms. The van der Waals surface area contributed by atoms with Crippen LogP contribution in [0.5, 0.6) is 0 Å². The Balaban J connectivity index is 1.75. The second-order valence-corrected chi connectivity index (χ2v) is 8.18. The van der Waals surface area contributed by atoms with Gasteiger partial charge in [0.1, 0.15) is 0 Å². The molecule has 152 valence electrons. The van der Waals surface area contributed by atoms with E-state index >= 15 is 0 Å². The number of para-hydroxylation sites is 1. The zero-order valence-electron chi connectivity index (χ0n) is 16.4. The van der Waals surface area contributed by atoms with Crippen LogP contribution in [0.2, 0.25) is 0 Å². The maximum Gasteiger partial charge on any atom is 0.337 e. The summed E-state index contributed by atoms with van der Waals surface area (Å²) in [6.07, 6.45) is 3.76. The lowest BCUT2D eigenvalue weighted by atomic mass is 9.77. The lowest BCUT2D eigenvalue weighted by Crippen LogP contribution is -2.51. The van der Waals surface area contributed by atoms with E-state index in [2.05, 4.69) is 5.32 Å². The normalized spacial score (nSPS) is 26.2. The summed E-state index contributed by atoms with van der Waals surface area (Å²) in [6, 6.07) is 7.89. The molecule has 1 heterocycles. The van der Waals surface area contributed by atoms with Crippen LogP contribution in [0.1, 0.15) is 45.1 Å². The molecule has 1 aliphatic carbocycles. The molecule has 3 rings (SSSR count). The first-order chi connectivity index (χ1) is 13.2. The van der Waals surface area contributed by atoms with Crippen molar-refractivity contribution in [2.45, 2.75) is 57.6 Å². The van der Waals surface area contributed by atoms with E-state index in [1.54, 1.807) is 0 Å². The number of aliphatic hydroxyl groups is 1. The van der Waals surface area contributed by atoms with E-state index in [4.69, 9.17) is 5.11 Å². The van der Waals surface area contributed by atoms with Gasteiger partial charge in [-0.25, -0.2) is 4.79 Å². The maximum atomic E-state index is 13.4. The van der Waals surface area contributed by atoms with Crippen molar-refractivity contribution in [3.05, 3.63) is 29.8 Å². The minimum atomic E-state index is -2.04. The van der Waals surface area contributed by atoms with Gasteiger partial charge in [-0.15, -0.1) is 0 Å². The number of nitrogens with zero attached hydrogens (tertiary/aromatic N) is 1. The number of fused-ring (bicyclic) bond motifs is 1. The summed E-state index contributed by atoms with van der Waals surface area (Å²) >= 11 is 0. The average Bonchev–Trinajstić information content (AvgIpc) is 3.01. The molecule has 0 saturated heterocycles. The standard InChI is InChI=1S/C21H28N2O5/c1-13-11-14-7-3-6-10-17(14)23(13)19(25)16-9-5-4-8-15(16)18(24)22-12-21(2,28)20(26)27/h3,6-7,10,13,15-16,28H,4-5,8-9,11-12H2,1-2H3,(H,22,24)(H,26,27). The number of benzene rings is 1. The predicted molar refractivity (Wildman–Crippen MR) is 104 cm³/mol. The van der Waals surface area contributed by atoms with Crippen LogP contribution in [-0.4, -0.2) is 46.2 Å². The Morgan fingerprint density at radius 3 is 2.50 bits per heavy atom. The second kappa shape index (κ2) is 7.91. The number of carboxylic acids is 1. The number of rotatable bonds is 5. The first-order valence-corrected chi connectivity index (χ1v) is 9.87. The summed E-state index contributed by atoms with van der Waals surface area (Å²) in [5.41, 5.74) is 0.0166. The maximum absolute atomic E-state index is 13.4. The number of amides is 2. The molecule has 7 nitrogen and oxygen atoms in total. The van der Waals surface area contributed by atoms with Crippen LogP contribution in [0.15, 0.2) is 24.3 Å². The fourth-order valence-electron chi connectivity index (χ4n) is 4.29. The van der Waals surface area contributed by atoms with Gasteiger partial charge in [-0.1, -0.05) is 31.0 Å². The van der Waals surface area contributed by atoms with Crippen molar-refractivity contribution in [1.82, 2.24) is 5.32 Å². The molecule has 4 unspecified atom stereocenters. The average molecular weight is 388 g/mol. The molecule has 2 amide bonds. The number of aliphatic carboxylic acids is 1. The van der Waals surface area contributed by atoms with Gasteiger partial charge in [-0.05, 0) is 44.7 Å². The van der Waals surface area contributed by atoms with Crippen molar-refractivity contribution >= 4 is 23.5 Å². The molecule has 0 bridgehead atoms. The van der Waals surface area contributed by atoms with Gasteiger partial charge < -0.3 is 20.4 Å². The first kappa shape index (κ1) is 20.3. The molecule has 28 heavy (non-hydrogen) atoms. The van der Waals surface area contributed by atoms with Gasteiger partial charge in [-0.3, -0.25) is 9.59 Å². The van der Waals surface area contributed by atoms with Crippen LogP contribution in [0, 0.1) is 11.8 Å². The smallest absolute Gasteiger partial charge is 0.337 e. The van der Waals surface area contributed by atoms with Gasteiger partial charge in [0, 0.05) is 17.6 Å². The van der Waals surface area contributed by atoms with E-state index in [-0.39, 0.29) is 24.4 Å². The fourth-order valence-corrected chi connectivity index (χ4v) is 4.29. The highest BCUT2D eigenvalue weighted by Gasteiger charge is 2.42. The van der Waals surface area contributed by atoms with Gasteiger partial charge >= 0.3 is 5.97 Å². The molecule has 1 fully saturated rings. The summed E-state index contributed by atoms with van der Waals surface area (Å²) in [6.45, 7) is 2.77. The van der Waals surface area contributed by atoms with Crippen molar-refractivity contribution in [1.29, 1.82) is 0 Å². The van der Waals surface area contributed by atoms with Crippen LogP contribution in [0.3, 0.4) is 0 Å². The van der Waals surface area contributed by atoms with Crippen molar-refractivity contribution in [3.63, 3.8) is 0 Å². The van der Waals surface area contributed by atoms with E-state index in [1.165, 1.54) is 0 Å². The SMILES string of the molecule is CC1Cc2ccccc2N1C(=O)C1CCCCC1C(=O)NCC(C)(O)C(=O)O.